The average Bonchev–Trinajstić information content (AvgIpc) is 3.07. The van der Waals surface area contributed by atoms with Crippen LogP contribution in [0, 0.1) is 6.92 Å². The van der Waals surface area contributed by atoms with E-state index in [4.69, 9.17) is 4.74 Å². The quantitative estimate of drug-likeness (QED) is 0.501. The molecule has 3 rings (SSSR count). The molecule has 0 radical (unpaired) electrons. The van der Waals surface area contributed by atoms with Crippen molar-refractivity contribution in [3.05, 3.63) is 51.4 Å². The number of nitrogens with one attached hydrogen (secondary N) is 1. The van der Waals surface area contributed by atoms with E-state index < -0.39 is 27.5 Å². The molecule has 1 aromatic carbocycles. The zero-order valence-corrected chi connectivity index (χ0v) is 20.4. The van der Waals surface area contributed by atoms with E-state index in [1.807, 2.05) is 0 Å². The van der Waals surface area contributed by atoms with E-state index in [1.54, 1.807) is 20.8 Å². The van der Waals surface area contributed by atoms with Gasteiger partial charge in [-0.3, -0.25) is 14.2 Å². The third-order valence-corrected chi connectivity index (χ3v) is 7.69. The molecule has 33 heavy (non-hydrogen) atoms. The lowest BCUT2D eigenvalue weighted by Crippen LogP contribution is -2.28. The summed E-state index contributed by atoms with van der Waals surface area (Å²) in [6.07, 6.45) is 0.956. The highest BCUT2D eigenvalue weighted by Crippen LogP contribution is 2.27. The summed E-state index contributed by atoms with van der Waals surface area (Å²) in [6.45, 7) is 4.81. The molecule has 12 heteroatoms. The number of carbonyl (C=O) groups excluding carboxylic acids is 2. The molecule has 3 aromatic rings. The number of ether oxygens (including phenoxy) is 1. The molecule has 0 unspecified atom stereocenters. The van der Waals surface area contributed by atoms with E-state index in [1.165, 1.54) is 44.7 Å². The van der Waals surface area contributed by atoms with Crippen LogP contribution in [0.25, 0.3) is 10.2 Å². The smallest absolute Gasteiger partial charge is 0.348 e. The van der Waals surface area contributed by atoms with Crippen molar-refractivity contribution >= 4 is 49.1 Å². The first kappa shape index (κ1) is 24.6. The highest BCUT2D eigenvalue weighted by Gasteiger charge is 2.22. The van der Waals surface area contributed by atoms with Gasteiger partial charge in [-0.05, 0) is 50.6 Å². The van der Waals surface area contributed by atoms with Gasteiger partial charge in [0.25, 0.3) is 5.56 Å². The maximum absolute atomic E-state index is 12.9. The fourth-order valence-electron chi connectivity index (χ4n) is 3.01. The summed E-state index contributed by atoms with van der Waals surface area (Å²) in [6, 6.07) is 5.71. The molecule has 1 N–H and O–H groups in total. The Hall–Kier alpha value is -3.09. The van der Waals surface area contributed by atoms with Gasteiger partial charge in [0, 0.05) is 19.8 Å². The molecule has 0 atom stereocenters. The average molecular weight is 493 g/mol. The Bertz CT molecular complexity index is 1370. The van der Waals surface area contributed by atoms with E-state index in [2.05, 4.69) is 10.3 Å². The molecule has 2 aromatic heterocycles. The van der Waals surface area contributed by atoms with Crippen LogP contribution in [0.4, 0.5) is 5.69 Å². The standard InChI is InChI=1S/C21H24N4O6S2/c1-12(2)31-21(28)18-13(3)17-19(32-18)22-11-25(20(17)27)10-16(26)23-14-6-8-15(9-7-14)33(29,30)24(4)5/h6-9,11-12H,10H2,1-5H3,(H,23,26). The molecule has 0 fully saturated rings. The summed E-state index contributed by atoms with van der Waals surface area (Å²) in [5.74, 6) is -1.01. The highest BCUT2D eigenvalue weighted by atomic mass is 32.2. The summed E-state index contributed by atoms with van der Waals surface area (Å²) >= 11 is 1.07. The van der Waals surface area contributed by atoms with Crippen molar-refractivity contribution in [3.8, 4) is 0 Å². The molecule has 0 saturated heterocycles. The number of nitrogens with zero attached hydrogens (tertiary/aromatic N) is 3. The second kappa shape index (κ2) is 9.41. The number of amides is 1. The lowest BCUT2D eigenvalue weighted by Gasteiger charge is -2.12. The number of benzene rings is 1. The number of fused-ring (bicyclic) bond motifs is 1. The Morgan fingerprint density at radius 1 is 1.21 bits per heavy atom. The fraction of sp³-hybridized carbons (Fsp3) is 0.333. The largest absolute Gasteiger partial charge is 0.459 e. The molecule has 176 valence electrons. The second-order valence-electron chi connectivity index (χ2n) is 7.73. The van der Waals surface area contributed by atoms with Crippen molar-refractivity contribution in [1.82, 2.24) is 13.9 Å². The summed E-state index contributed by atoms with van der Waals surface area (Å²) < 4.78 is 31.7. The predicted molar refractivity (Wildman–Crippen MR) is 125 cm³/mol. The molecule has 0 aliphatic rings. The number of hydrogen-bond acceptors (Lipinski definition) is 8. The minimum atomic E-state index is -3.58. The fourth-order valence-corrected chi connectivity index (χ4v) is 4.93. The number of hydrogen-bond donors (Lipinski definition) is 1. The van der Waals surface area contributed by atoms with Crippen LogP contribution in [0.3, 0.4) is 0 Å². The van der Waals surface area contributed by atoms with E-state index in [0.717, 1.165) is 20.2 Å². The molecule has 0 spiro atoms. The maximum atomic E-state index is 12.9. The minimum Gasteiger partial charge on any atom is -0.459 e. The summed E-state index contributed by atoms with van der Waals surface area (Å²) in [5, 5.41) is 2.89. The van der Waals surface area contributed by atoms with E-state index in [9.17, 15) is 22.8 Å². The van der Waals surface area contributed by atoms with Gasteiger partial charge in [-0.25, -0.2) is 22.5 Å². The lowest BCUT2D eigenvalue weighted by atomic mass is 10.2. The SMILES string of the molecule is Cc1c(C(=O)OC(C)C)sc2ncn(CC(=O)Nc3ccc(S(=O)(=O)N(C)C)cc3)c(=O)c12. The van der Waals surface area contributed by atoms with Crippen molar-refractivity contribution in [2.75, 3.05) is 19.4 Å². The van der Waals surface area contributed by atoms with Crippen LogP contribution in [0.5, 0.6) is 0 Å². The van der Waals surface area contributed by atoms with Crippen LogP contribution < -0.4 is 10.9 Å². The van der Waals surface area contributed by atoms with Gasteiger partial charge in [-0.2, -0.15) is 0 Å². The van der Waals surface area contributed by atoms with Gasteiger partial charge < -0.3 is 10.1 Å². The van der Waals surface area contributed by atoms with Gasteiger partial charge in [0.15, 0.2) is 0 Å². The third kappa shape index (κ3) is 5.13. The van der Waals surface area contributed by atoms with Crippen LogP contribution in [0.15, 0.2) is 40.3 Å². The van der Waals surface area contributed by atoms with Crippen LogP contribution in [-0.4, -0.2) is 54.3 Å². The van der Waals surface area contributed by atoms with Gasteiger partial charge >= 0.3 is 5.97 Å². The predicted octanol–water partition coefficient (Wildman–Crippen LogP) is 2.22. The first-order chi connectivity index (χ1) is 15.4. The number of carbonyl (C=O) groups is 2. The van der Waals surface area contributed by atoms with Crippen LogP contribution >= 0.6 is 11.3 Å². The van der Waals surface area contributed by atoms with E-state index in [-0.39, 0.29) is 22.9 Å². The number of anilines is 1. The summed E-state index contributed by atoms with van der Waals surface area (Å²) in [5.41, 5.74) is 0.399. The van der Waals surface area contributed by atoms with Gasteiger partial charge in [-0.15, -0.1) is 11.3 Å². The van der Waals surface area contributed by atoms with Gasteiger partial charge in [0.2, 0.25) is 15.9 Å². The van der Waals surface area contributed by atoms with Crippen molar-refractivity contribution in [2.45, 2.75) is 38.3 Å². The second-order valence-corrected chi connectivity index (χ2v) is 10.9. The first-order valence-corrected chi connectivity index (χ1v) is 12.2. The van der Waals surface area contributed by atoms with Crippen molar-refractivity contribution in [3.63, 3.8) is 0 Å². The Balaban J connectivity index is 1.80. The summed E-state index contributed by atoms with van der Waals surface area (Å²) in [7, 11) is -0.718. The number of aryl methyl sites for hydroxylation is 1. The van der Waals surface area contributed by atoms with Crippen molar-refractivity contribution in [2.24, 2.45) is 0 Å². The topological polar surface area (TPSA) is 128 Å². The lowest BCUT2D eigenvalue weighted by molar-refractivity contribution is -0.116. The first-order valence-electron chi connectivity index (χ1n) is 9.93. The molecular formula is C21H24N4O6S2. The molecule has 0 bridgehead atoms. The normalized spacial score (nSPS) is 11.8. The summed E-state index contributed by atoms with van der Waals surface area (Å²) in [4.78, 5) is 42.7. The van der Waals surface area contributed by atoms with Gasteiger partial charge in [0.05, 0.1) is 22.7 Å². The highest BCUT2D eigenvalue weighted by molar-refractivity contribution is 7.89. The Kier molecular flexibility index (Phi) is 7.00. The van der Waals surface area contributed by atoms with Crippen molar-refractivity contribution < 1.29 is 22.7 Å². The molecule has 1 amide bonds. The zero-order chi connectivity index (χ0) is 24.5. The number of esters is 1. The molecular weight excluding hydrogens is 468 g/mol. The van der Waals surface area contributed by atoms with Gasteiger partial charge in [-0.1, -0.05) is 0 Å². The minimum absolute atomic E-state index is 0.0936. The van der Waals surface area contributed by atoms with E-state index in [0.29, 0.717) is 21.0 Å². The van der Waals surface area contributed by atoms with E-state index >= 15 is 0 Å². The van der Waals surface area contributed by atoms with Crippen molar-refractivity contribution in [1.29, 1.82) is 0 Å². The number of rotatable bonds is 7. The number of sulfonamides is 1. The molecule has 10 nitrogen and oxygen atoms in total. The Morgan fingerprint density at radius 2 is 1.85 bits per heavy atom. The molecule has 0 aliphatic carbocycles. The van der Waals surface area contributed by atoms with Crippen LogP contribution in [0.1, 0.15) is 29.1 Å². The Morgan fingerprint density at radius 3 is 2.42 bits per heavy atom. The molecule has 0 saturated carbocycles. The van der Waals surface area contributed by atoms with Crippen LogP contribution in [0.2, 0.25) is 0 Å². The zero-order valence-electron chi connectivity index (χ0n) is 18.8. The van der Waals surface area contributed by atoms with Gasteiger partial charge in [0.1, 0.15) is 16.3 Å². The number of thiophene rings is 1. The van der Waals surface area contributed by atoms with Crippen LogP contribution in [-0.2, 0) is 26.1 Å². The monoisotopic (exact) mass is 492 g/mol. The molecule has 2 heterocycles. The maximum Gasteiger partial charge on any atom is 0.348 e. The Labute approximate surface area is 194 Å². The molecule has 0 aliphatic heterocycles. The number of aromatic nitrogens is 2. The third-order valence-electron chi connectivity index (χ3n) is 4.68.